The molecule has 0 bridgehead atoms. The van der Waals surface area contributed by atoms with E-state index in [2.05, 4.69) is 17.9 Å². The number of rotatable bonds is 3. The summed E-state index contributed by atoms with van der Waals surface area (Å²) in [5.41, 5.74) is 0.168. The zero-order valence-corrected chi connectivity index (χ0v) is 14.8. The summed E-state index contributed by atoms with van der Waals surface area (Å²) in [4.78, 5) is 11.5. The van der Waals surface area contributed by atoms with Crippen molar-refractivity contribution in [2.24, 2.45) is 7.05 Å². The van der Waals surface area contributed by atoms with Gasteiger partial charge in [0.2, 0.25) is 5.56 Å². The number of halogens is 4. The van der Waals surface area contributed by atoms with E-state index in [1.807, 2.05) is 0 Å². The monoisotopic (exact) mass is 378 g/mol. The number of benzene rings is 1. The average Bonchev–Trinajstić information content (AvgIpc) is 2.50. The third-order valence-electron chi connectivity index (χ3n) is 3.01. The first kappa shape index (κ1) is 20.6. The van der Waals surface area contributed by atoms with Gasteiger partial charge in [-0.3, -0.25) is 4.79 Å². The predicted molar refractivity (Wildman–Crippen MR) is 92.9 cm³/mol. The molecule has 0 saturated carbocycles. The second-order valence-corrected chi connectivity index (χ2v) is 5.87. The molecule has 1 N–H and O–H groups in total. The van der Waals surface area contributed by atoms with Crippen LogP contribution in [-0.4, -0.2) is 17.3 Å². The third kappa shape index (κ3) is 6.59. The third-order valence-corrected chi connectivity index (χ3v) is 3.53. The van der Waals surface area contributed by atoms with Crippen LogP contribution < -0.4 is 10.9 Å². The average molecular weight is 379 g/mol. The van der Waals surface area contributed by atoms with Gasteiger partial charge in [-0.1, -0.05) is 30.7 Å². The summed E-state index contributed by atoms with van der Waals surface area (Å²) in [7, 11) is 1.70. The van der Waals surface area contributed by atoms with Gasteiger partial charge in [-0.05, 0) is 30.3 Å². The molecule has 2 aromatic rings. The smallest absolute Gasteiger partial charge is 0.317 e. The Morgan fingerprint density at radius 2 is 1.79 bits per heavy atom. The summed E-state index contributed by atoms with van der Waals surface area (Å²) in [5.74, 6) is 0. The zero-order chi connectivity index (χ0) is 18.3. The maximum Gasteiger partial charge on any atom is 0.407 e. The van der Waals surface area contributed by atoms with Crippen molar-refractivity contribution in [2.75, 3.05) is 6.54 Å². The van der Waals surface area contributed by atoms with E-state index in [1.54, 1.807) is 26.2 Å². The molecule has 1 aromatic carbocycles. The van der Waals surface area contributed by atoms with Crippen LogP contribution in [0.3, 0.4) is 0 Å². The highest BCUT2D eigenvalue weighted by Crippen LogP contribution is 2.32. The molecule has 0 fully saturated rings. The Balaban J connectivity index is 0.000000272. The fourth-order valence-electron chi connectivity index (χ4n) is 1.86. The zero-order valence-electron chi connectivity index (χ0n) is 13.1. The molecule has 132 valence electrons. The van der Waals surface area contributed by atoms with Crippen LogP contribution in [0.5, 0.6) is 0 Å². The van der Waals surface area contributed by atoms with Crippen molar-refractivity contribution in [1.29, 1.82) is 0 Å². The van der Waals surface area contributed by atoms with Gasteiger partial charge in [0.05, 0.1) is 0 Å². The van der Waals surface area contributed by atoms with Gasteiger partial charge in [0.1, 0.15) is 6.04 Å². The number of nitrogens with one attached hydrogen (secondary N) is 1. The Kier molecular flexibility index (Phi) is 7.86. The lowest BCUT2D eigenvalue weighted by Crippen LogP contribution is -2.33. The highest BCUT2D eigenvalue weighted by molar-refractivity contribution is 7.80. The highest BCUT2D eigenvalue weighted by Gasteiger charge is 2.39. The van der Waals surface area contributed by atoms with Gasteiger partial charge in [-0.2, -0.15) is 13.2 Å². The van der Waals surface area contributed by atoms with Crippen molar-refractivity contribution in [1.82, 2.24) is 9.88 Å². The minimum atomic E-state index is -4.29. The fraction of sp³-hybridized carbons (Fsp3) is 0.312. The Hall–Kier alpha value is -1.44. The van der Waals surface area contributed by atoms with E-state index in [9.17, 15) is 18.0 Å². The molecular weight excluding hydrogens is 361 g/mol. The molecule has 0 aliphatic heterocycles. The molecule has 1 atom stereocenters. The summed E-state index contributed by atoms with van der Waals surface area (Å²) in [6.07, 6.45) is -2.62. The molecule has 0 spiro atoms. The normalized spacial score (nSPS) is 12.3. The van der Waals surface area contributed by atoms with Crippen molar-refractivity contribution in [3.63, 3.8) is 0 Å². The number of hydrogen-bond acceptors (Lipinski definition) is 3. The molecular formula is C16H18ClF3N2OS. The van der Waals surface area contributed by atoms with Crippen molar-refractivity contribution in [2.45, 2.75) is 24.0 Å². The van der Waals surface area contributed by atoms with Gasteiger partial charge in [0.25, 0.3) is 0 Å². The van der Waals surface area contributed by atoms with Crippen LogP contribution in [0.25, 0.3) is 0 Å². The lowest BCUT2D eigenvalue weighted by Gasteiger charge is -2.21. The van der Waals surface area contributed by atoms with Crippen molar-refractivity contribution >= 4 is 24.2 Å². The van der Waals surface area contributed by atoms with Crippen LogP contribution in [0.4, 0.5) is 13.2 Å². The van der Waals surface area contributed by atoms with E-state index in [0.717, 1.165) is 4.90 Å². The van der Waals surface area contributed by atoms with E-state index >= 15 is 0 Å². The largest absolute Gasteiger partial charge is 0.407 e. The fourth-order valence-corrected chi connectivity index (χ4v) is 2.23. The van der Waals surface area contributed by atoms with Crippen LogP contribution in [0.15, 0.2) is 52.3 Å². The van der Waals surface area contributed by atoms with Crippen LogP contribution in [0.1, 0.15) is 18.5 Å². The van der Waals surface area contributed by atoms with Gasteiger partial charge in [-0.15, -0.1) is 12.6 Å². The maximum atomic E-state index is 12.6. The van der Waals surface area contributed by atoms with Gasteiger partial charge in [-0.25, -0.2) is 0 Å². The summed E-state index contributed by atoms with van der Waals surface area (Å²) >= 11 is 9.65. The highest BCUT2D eigenvalue weighted by atomic mass is 35.5. The number of hydrogen-bond donors (Lipinski definition) is 2. The van der Waals surface area contributed by atoms with E-state index in [0.29, 0.717) is 5.02 Å². The van der Waals surface area contributed by atoms with E-state index in [1.165, 1.54) is 34.9 Å². The Bertz CT molecular complexity index is 702. The van der Waals surface area contributed by atoms with Crippen molar-refractivity contribution < 1.29 is 13.2 Å². The predicted octanol–water partition coefficient (Wildman–Crippen LogP) is 4.23. The van der Waals surface area contributed by atoms with Crippen LogP contribution in [0, 0.1) is 0 Å². The molecule has 2 rings (SSSR count). The Morgan fingerprint density at radius 1 is 1.21 bits per heavy atom. The first-order valence-electron chi connectivity index (χ1n) is 7.06. The van der Waals surface area contributed by atoms with Gasteiger partial charge in [0.15, 0.2) is 0 Å². The summed E-state index contributed by atoms with van der Waals surface area (Å²) in [6, 6.07) is 7.19. The van der Waals surface area contributed by atoms with Crippen molar-refractivity contribution in [3.8, 4) is 0 Å². The molecule has 24 heavy (non-hydrogen) atoms. The van der Waals surface area contributed by atoms with Gasteiger partial charge >= 0.3 is 6.18 Å². The number of aromatic nitrogens is 1. The minimum absolute atomic E-state index is 0.00667. The van der Waals surface area contributed by atoms with E-state index in [4.69, 9.17) is 11.6 Å². The number of nitrogens with zero attached hydrogens (tertiary/aromatic N) is 1. The van der Waals surface area contributed by atoms with Crippen LogP contribution in [0.2, 0.25) is 5.02 Å². The summed E-state index contributed by atoms with van der Waals surface area (Å²) < 4.78 is 39.3. The van der Waals surface area contributed by atoms with E-state index in [-0.39, 0.29) is 17.7 Å². The Morgan fingerprint density at radius 3 is 2.21 bits per heavy atom. The van der Waals surface area contributed by atoms with Crippen LogP contribution >= 0.6 is 24.2 Å². The lowest BCUT2D eigenvalue weighted by atomic mass is 10.1. The second kappa shape index (κ2) is 9.15. The number of pyridine rings is 1. The molecule has 1 aromatic heterocycles. The van der Waals surface area contributed by atoms with Crippen molar-refractivity contribution in [3.05, 3.63) is 63.5 Å². The SMILES string of the molecule is CCN[C@H](c1ccc(Cl)cc1)C(F)(F)F.Cn1cc(S)ccc1=O. The topological polar surface area (TPSA) is 34.0 Å². The number of alkyl halides is 3. The molecule has 0 amide bonds. The molecule has 0 aliphatic rings. The molecule has 0 radical (unpaired) electrons. The van der Waals surface area contributed by atoms with Gasteiger partial charge < -0.3 is 9.88 Å². The van der Waals surface area contributed by atoms with Gasteiger partial charge in [0, 0.05) is 29.2 Å². The molecule has 0 unspecified atom stereocenters. The summed E-state index contributed by atoms with van der Waals surface area (Å²) in [6.45, 7) is 1.89. The quantitative estimate of drug-likeness (QED) is 0.784. The Labute approximate surface area is 148 Å². The number of aryl methyl sites for hydroxylation is 1. The molecule has 0 saturated heterocycles. The maximum absolute atomic E-state index is 12.6. The second-order valence-electron chi connectivity index (χ2n) is 4.92. The minimum Gasteiger partial charge on any atom is -0.317 e. The standard InChI is InChI=1S/C10H11ClF3N.C6H7NOS/c1-2-15-9(10(12,13)14)7-3-5-8(11)6-4-7;1-7-4-5(9)2-3-6(7)8/h3-6,9,15H,2H2,1H3;2-4,9H,1H3/t9-;/m1./s1. The molecule has 3 nitrogen and oxygen atoms in total. The number of thiol groups is 1. The first-order chi connectivity index (χ1) is 11.1. The molecule has 1 heterocycles. The molecule has 8 heteroatoms. The van der Waals surface area contributed by atoms with Crippen LogP contribution in [-0.2, 0) is 7.05 Å². The van der Waals surface area contributed by atoms with E-state index < -0.39 is 12.2 Å². The first-order valence-corrected chi connectivity index (χ1v) is 7.89. The lowest BCUT2D eigenvalue weighted by molar-refractivity contribution is -0.157. The molecule has 0 aliphatic carbocycles. The summed E-state index contributed by atoms with van der Waals surface area (Å²) in [5, 5.41) is 2.82.